The van der Waals surface area contributed by atoms with Gasteiger partial charge in [0.05, 0.1) is 0 Å². The van der Waals surface area contributed by atoms with Gasteiger partial charge in [0.1, 0.15) is 0 Å². The van der Waals surface area contributed by atoms with Crippen molar-refractivity contribution in [2.75, 3.05) is 11.9 Å². The summed E-state index contributed by atoms with van der Waals surface area (Å²) in [5.74, 6) is 0.717. The standard InChI is InChI=1S/C12H17NO/c1-9(2)8-13-12-6-4-5-11(7-12)10(3)14/h4-7,9,13H,8H2,1-3H3. The molecule has 0 heterocycles. The molecule has 76 valence electrons. The Balaban J connectivity index is 2.69. The molecule has 2 heteroatoms. The van der Waals surface area contributed by atoms with Crippen LogP contribution in [0.3, 0.4) is 0 Å². The van der Waals surface area contributed by atoms with Crippen molar-refractivity contribution in [2.45, 2.75) is 20.8 Å². The highest BCUT2D eigenvalue weighted by atomic mass is 16.1. The molecule has 2 nitrogen and oxygen atoms in total. The normalized spacial score (nSPS) is 10.3. The smallest absolute Gasteiger partial charge is 0.159 e. The van der Waals surface area contributed by atoms with Gasteiger partial charge in [0.25, 0.3) is 0 Å². The van der Waals surface area contributed by atoms with Crippen LogP contribution in [0.5, 0.6) is 0 Å². The average molecular weight is 191 g/mol. The van der Waals surface area contributed by atoms with Gasteiger partial charge < -0.3 is 5.32 Å². The van der Waals surface area contributed by atoms with Crippen molar-refractivity contribution in [3.05, 3.63) is 29.8 Å². The molecule has 0 spiro atoms. The van der Waals surface area contributed by atoms with Gasteiger partial charge in [-0.25, -0.2) is 0 Å². The van der Waals surface area contributed by atoms with E-state index in [9.17, 15) is 4.79 Å². The highest BCUT2D eigenvalue weighted by Crippen LogP contribution is 2.11. The van der Waals surface area contributed by atoms with E-state index >= 15 is 0 Å². The number of hydrogen-bond donors (Lipinski definition) is 1. The predicted octanol–water partition coefficient (Wildman–Crippen LogP) is 2.96. The van der Waals surface area contributed by atoms with Crippen LogP contribution in [0.4, 0.5) is 5.69 Å². The zero-order valence-corrected chi connectivity index (χ0v) is 9.00. The lowest BCUT2D eigenvalue weighted by molar-refractivity contribution is 0.101. The summed E-state index contributed by atoms with van der Waals surface area (Å²) in [5.41, 5.74) is 1.78. The molecule has 0 unspecified atom stereocenters. The second-order valence-electron chi connectivity index (χ2n) is 3.91. The molecular weight excluding hydrogens is 174 g/mol. The van der Waals surface area contributed by atoms with E-state index in [-0.39, 0.29) is 5.78 Å². The Morgan fingerprint density at radius 2 is 2.14 bits per heavy atom. The third kappa shape index (κ3) is 3.21. The van der Waals surface area contributed by atoms with E-state index < -0.39 is 0 Å². The summed E-state index contributed by atoms with van der Waals surface area (Å²) in [7, 11) is 0. The fraction of sp³-hybridized carbons (Fsp3) is 0.417. The van der Waals surface area contributed by atoms with Gasteiger partial charge in [-0.15, -0.1) is 0 Å². The summed E-state index contributed by atoms with van der Waals surface area (Å²) in [6, 6.07) is 7.61. The van der Waals surface area contributed by atoms with Crippen molar-refractivity contribution < 1.29 is 4.79 Å². The third-order valence-electron chi connectivity index (χ3n) is 1.98. The van der Waals surface area contributed by atoms with Gasteiger partial charge in [-0.3, -0.25) is 4.79 Å². The molecule has 1 rings (SSSR count). The van der Waals surface area contributed by atoms with Crippen LogP contribution >= 0.6 is 0 Å². The highest BCUT2D eigenvalue weighted by Gasteiger charge is 2.00. The Hall–Kier alpha value is -1.31. The van der Waals surface area contributed by atoms with Crippen LogP contribution in [0.15, 0.2) is 24.3 Å². The van der Waals surface area contributed by atoms with E-state index in [1.807, 2.05) is 24.3 Å². The van der Waals surface area contributed by atoms with Crippen molar-refractivity contribution in [2.24, 2.45) is 5.92 Å². The number of nitrogens with one attached hydrogen (secondary N) is 1. The summed E-state index contributed by atoms with van der Waals surface area (Å²) >= 11 is 0. The van der Waals surface area contributed by atoms with E-state index in [0.717, 1.165) is 17.8 Å². The van der Waals surface area contributed by atoms with Gasteiger partial charge in [-0.1, -0.05) is 26.0 Å². The van der Waals surface area contributed by atoms with Crippen molar-refractivity contribution >= 4 is 11.5 Å². The molecule has 1 aromatic carbocycles. The monoisotopic (exact) mass is 191 g/mol. The van der Waals surface area contributed by atoms with Crippen LogP contribution < -0.4 is 5.32 Å². The average Bonchev–Trinajstić information content (AvgIpc) is 2.15. The van der Waals surface area contributed by atoms with Crippen LogP contribution in [0.25, 0.3) is 0 Å². The summed E-state index contributed by atoms with van der Waals surface area (Å²) in [6.45, 7) is 6.83. The van der Waals surface area contributed by atoms with Gasteiger partial charge >= 0.3 is 0 Å². The van der Waals surface area contributed by atoms with Gasteiger partial charge in [0.15, 0.2) is 5.78 Å². The molecule has 0 saturated heterocycles. The molecule has 0 aromatic heterocycles. The van der Waals surface area contributed by atoms with Gasteiger partial charge in [-0.05, 0) is 25.0 Å². The van der Waals surface area contributed by atoms with Gasteiger partial charge in [-0.2, -0.15) is 0 Å². The Morgan fingerprint density at radius 3 is 2.71 bits per heavy atom. The minimum absolute atomic E-state index is 0.109. The lowest BCUT2D eigenvalue weighted by Crippen LogP contribution is -2.08. The van der Waals surface area contributed by atoms with Crippen LogP contribution in [0.2, 0.25) is 0 Å². The molecule has 1 aromatic rings. The topological polar surface area (TPSA) is 29.1 Å². The zero-order chi connectivity index (χ0) is 10.6. The van der Waals surface area contributed by atoms with E-state index in [1.165, 1.54) is 0 Å². The molecule has 0 bridgehead atoms. The summed E-state index contributed by atoms with van der Waals surface area (Å²) in [4.78, 5) is 11.1. The molecule has 0 radical (unpaired) electrons. The first-order valence-electron chi connectivity index (χ1n) is 4.94. The van der Waals surface area contributed by atoms with Crippen molar-refractivity contribution in [3.63, 3.8) is 0 Å². The maximum absolute atomic E-state index is 11.1. The second-order valence-corrected chi connectivity index (χ2v) is 3.91. The van der Waals surface area contributed by atoms with Crippen LogP contribution in [-0.4, -0.2) is 12.3 Å². The third-order valence-corrected chi connectivity index (χ3v) is 1.98. The minimum atomic E-state index is 0.109. The lowest BCUT2D eigenvalue weighted by Gasteiger charge is -2.09. The molecule has 0 fully saturated rings. The molecule has 0 aliphatic carbocycles. The SMILES string of the molecule is CC(=O)c1cccc(NCC(C)C)c1. The van der Waals surface area contributed by atoms with Crippen LogP contribution in [0.1, 0.15) is 31.1 Å². The molecule has 1 N–H and O–H groups in total. The first-order valence-corrected chi connectivity index (χ1v) is 4.94. The number of Topliss-reactive ketones (excluding diaryl/α,β-unsaturated/α-hetero) is 1. The fourth-order valence-corrected chi connectivity index (χ4v) is 1.17. The number of anilines is 1. The molecule has 0 aliphatic rings. The van der Waals surface area contributed by atoms with Crippen molar-refractivity contribution in [1.29, 1.82) is 0 Å². The second kappa shape index (κ2) is 4.80. The van der Waals surface area contributed by atoms with E-state index in [2.05, 4.69) is 19.2 Å². The first-order chi connectivity index (χ1) is 6.59. The van der Waals surface area contributed by atoms with E-state index in [4.69, 9.17) is 0 Å². The summed E-state index contributed by atoms with van der Waals surface area (Å²) < 4.78 is 0. The number of rotatable bonds is 4. The Bertz CT molecular complexity index is 318. The van der Waals surface area contributed by atoms with Crippen molar-refractivity contribution in [3.8, 4) is 0 Å². The quantitative estimate of drug-likeness (QED) is 0.741. The minimum Gasteiger partial charge on any atom is -0.385 e. The van der Waals surface area contributed by atoms with Crippen molar-refractivity contribution in [1.82, 2.24) is 0 Å². The van der Waals surface area contributed by atoms with Crippen LogP contribution in [-0.2, 0) is 0 Å². The maximum atomic E-state index is 11.1. The fourth-order valence-electron chi connectivity index (χ4n) is 1.17. The number of benzene rings is 1. The number of carbonyl (C=O) groups excluding carboxylic acids is 1. The van der Waals surface area contributed by atoms with Crippen LogP contribution in [0, 0.1) is 5.92 Å². The van der Waals surface area contributed by atoms with Gasteiger partial charge in [0.2, 0.25) is 0 Å². The van der Waals surface area contributed by atoms with Gasteiger partial charge in [0, 0.05) is 17.8 Å². The largest absolute Gasteiger partial charge is 0.385 e. The maximum Gasteiger partial charge on any atom is 0.159 e. The zero-order valence-electron chi connectivity index (χ0n) is 9.00. The molecule has 0 amide bonds. The molecule has 14 heavy (non-hydrogen) atoms. The number of carbonyl (C=O) groups is 1. The Kier molecular flexibility index (Phi) is 3.69. The summed E-state index contributed by atoms with van der Waals surface area (Å²) in [6.07, 6.45) is 0. The van der Waals surface area contributed by atoms with E-state index in [0.29, 0.717) is 5.92 Å². The van der Waals surface area contributed by atoms with E-state index in [1.54, 1.807) is 6.92 Å². The lowest BCUT2D eigenvalue weighted by atomic mass is 10.1. The number of ketones is 1. The number of hydrogen-bond acceptors (Lipinski definition) is 2. The summed E-state index contributed by atoms with van der Waals surface area (Å²) in [5, 5.41) is 3.29. The molecular formula is C12H17NO. The molecule has 0 aliphatic heterocycles. The molecule has 0 saturated carbocycles. The Labute approximate surface area is 85.3 Å². The first kappa shape index (κ1) is 10.8. The molecule has 0 atom stereocenters. The highest BCUT2D eigenvalue weighted by molar-refractivity contribution is 5.94. The Morgan fingerprint density at radius 1 is 1.43 bits per heavy atom. The predicted molar refractivity (Wildman–Crippen MR) is 59.8 cm³/mol.